The highest BCUT2D eigenvalue weighted by Crippen LogP contribution is 2.31. The predicted octanol–water partition coefficient (Wildman–Crippen LogP) is 3.61. The van der Waals surface area contributed by atoms with Crippen molar-refractivity contribution in [2.24, 2.45) is 0 Å². The SMILES string of the molecule is CN1CCC(c2cnc(NC3CCC(Oc4cc(N)cc5nccnc45)CC3)nc2)CC1. The summed E-state index contributed by atoms with van der Waals surface area (Å²) in [6.07, 6.45) is 13.8. The number of hydrogen-bond donors (Lipinski definition) is 2. The first-order valence-electron chi connectivity index (χ1n) is 11.6. The summed E-state index contributed by atoms with van der Waals surface area (Å²) in [7, 11) is 2.19. The van der Waals surface area contributed by atoms with Gasteiger partial charge in [-0.05, 0) is 76.2 Å². The molecule has 0 atom stereocenters. The van der Waals surface area contributed by atoms with Gasteiger partial charge in [0.25, 0.3) is 0 Å². The molecule has 0 bridgehead atoms. The van der Waals surface area contributed by atoms with Crippen LogP contribution in [0.4, 0.5) is 11.6 Å². The molecule has 32 heavy (non-hydrogen) atoms. The van der Waals surface area contributed by atoms with Crippen molar-refractivity contribution in [3.8, 4) is 5.75 Å². The largest absolute Gasteiger partial charge is 0.488 e. The Morgan fingerprint density at radius 2 is 1.66 bits per heavy atom. The third kappa shape index (κ3) is 4.75. The minimum absolute atomic E-state index is 0.146. The number of aromatic nitrogens is 4. The van der Waals surface area contributed by atoms with Crippen LogP contribution in [0.2, 0.25) is 0 Å². The Hall–Kier alpha value is -3.00. The fourth-order valence-electron chi connectivity index (χ4n) is 4.81. The van der Waals surface area contributed by atoms with Crippen LogP contribution in [-0.4, -0.2) is 57.1 Å². The Labute approximate surface area is 188 Å². The number of benzene rings is 1. The second-order valence-electron chi connectivity index (χ2n) is 9.10. The zero-order valence-corrected chi connectivity index (χ0v) is 18.6. The fraction of sp³-hybridized carbons (Fsp3) is 0.500. The van der Waals surface area contributed by atoms with Crippen LogP contribution in [0.3, 0.4) is 0 Å². The standard InChI is InChI=1S/C24H31N7O/c1-31-10-6-16(7-11-31)17-14-28-24(29-15-17)30-19-2-4-20(5-3-19)32-22-13-18(25)12-21-23(22)27-9-8-26-21/h8-9,12-16,19-20H,2-7,10-11,25H2,1H3,(H,28,29,30). The quantitative estimate of drug-likeness (QED) is 0.588. The molecular formula is C24H31N7O. The van der Waals surface area contributed by atoms with Gasteiger partial charge in [0.05, 0.1) is 11.6 Å². The molecule has 1 aliphatic heterocycles. The average molecular weight is 434 g/mol. The summed E-state index contributed by atoms with van der Waals surface area (Å²) in [4.78, 5) is 20.4. The molecule has 2 fully saturated rings. The van der Waals surface area contributed by atoms with E-state index in [1.807, 2.05) is 24.5 Å². The molecule has 8 nitrogen and oxygen atoms in total. The van der Waals surface area contributed by atoms with E-state index in [1.165, 1.54) is 18.4 Å². The van der Waals surface area contributed by atoms with Crippen molar-refractivity contribution in [1.82, 2.24) is 24.8 Å². The number of rotatable bonds is 5. The average Bonchev–Trinajstić information content (AvgIpc) is 2.81. The molecule has 2 aliphatic rings. The first kappa shape index (κ1) is 20.9. The molecular weight excluding hydrogens is 402 g/mol. The van der Waals surface area contributed by atoms with E-state index >= 15 is 0 Å². The summed E-state index contributed by atoms with van der Waals surface area (Å²) in [5, 5.41) is 3.51. The van der Waals surface area contributed by atoms with Gasteiger partial charge in [0.2, 0.25) is 5.95 Å². The lowest BCUT2D eigenvalue weighted by Crippen LogP contribution is -2.32. The molecule has 3 N–H and O–H groups in total. The number of nitrogens with one attached hydrogen (secondary N) is 1. The number of fused-ring (bicyclic) bond motifs is 1. The van der Waals surface area contributed by atoms with Gasteiger partial charge in [-0.15, -0.1) is 0 Å². The third-order valence-corrected chi connectivity index (χ3v) is 6.72. The molecule has 0 amide bonds. The van der Waals surface area contributed by atoms with Gasteiger partial charge in [0, 0.05) is 42.6 Å². The Kier molecular flexibility index (Phi) is 6.03. The Morgan fingerprint density at radius 1 is 0.938 bits per heavy atom. The molecule has 1 saturated carbocycles. The van der Waals surface area contributed by atoms with Crippen LogP contribution in [0.5, 0.6) is 5.75 Å². The lowest BCUT2D eigenvalue weighted by Gasteiger charge is -2.30. The molecule has 0 spiro atoms. The Balaban J connectivity index is 1.15. The number of hydrogen-bond acceptors (Lipinski definition) is 8. The van der Waals surface area contributed by atoms with E-state index in [0.717, 1.165) is 61.5 Å². The van der Waals surface area contributed by atoms with Crippen molar-refractivity contribution in [1.29, 1.82) is 0 Å². The van der Waals surface area contributed by atoms with Crippen molar-refractivity contribution in [2.45, 2.75) is 56.6 Å². The number of likely N-dealkylation sites (tertiary alicyclic amines) is 1. The first-order chi connectivity index (χ1) is 15.6. The first-order valence-corrected chi connectivity index (χ1v) is 11.6. The summed E-state index contributed by atoms with van der Waals surface area (Å²) in [6.45, 7) is 2.29. The van der Waals surface area contributed by atoms with E-state index in [1.54, 1.807) is 12.4 Å². The molecule has 0 radical (unpaired) electrons. The minimum atomic E-state index is 0.146. The van der Waals surface area contributed by atoms with Crippen LogP contribution in [0.25, 0.3) is 11.0 Å². The van der Waals surface area contributed by atoms with Crippen LogP contribution in [-0.2, 0) is 0 Å². The van der Waals surface area contributed by atoms with Gasteiger partial charge in [0.1, 0.15) is 11.3 Å². The van der Waals surface area contributed by atoms with Crippen molar-refractivity contribution in [2.75, 3.05) is 31.2 Å². The number of nitrogens with two attached hydrogens (primary N) is 1. The predicted molar refractivity (Wildman–Crippen MR) is 126 cm³/mol. The van der Waals surface area contributed by atoms with E-state index in [0.29, 0.717) is 17.6 Å². The molecule has 3 heterocycles. The van der Waals surface area contributed by atoms with Crippen LogP contribution in [0.1, 0.15) is 50.0 Å². The maximum absolute atomic E-state index is 6.29. The van der Waals surface area contributed by atoms with Gasteiger partial charge in [-0.2, -0.15) is 0 Å². The summed E-state index contributed by atoms with van der Waals surface area (Å²) >= 11 is 0. The lowest BCUT2D eigenvalue weighted by atomic mass is 9.91. The van der Waals surface area contributed by atoms with Gasteiger partial charge in [-0.1, -0.05) is 0 Å². The zero-order chi connectivity index (χ0) is 21.9. The summed E-state index contributed by atoms with van der Waals surface area (Å²) in [6, 6.07) is 4.04. The number of ether oxygens (including phenoxy) is 1. The number of anilines is 2. The lowest BCUT2D eigenvalue weighted by molar-refractivity contribution is 0.152. The highest BCUT2D eigenvalue weighted by molar-refractivity contribution is 5.84. The normalized spacial score (nSPS) is 22.7. The van der Waals surface area contributed by atoms with E-state index in [9.17, 15) is 0 Å². The van der Waals surface area contributed by atoms with E-state index in [-0.39, 0.29) is 6.10 Å². The van der Waals surface area contributed by atoms with Crippen molar-refractivity contribution in [3.63, 3.8) is 0 Å². The molecule has 3 aromatic rings. The third-order valence-electron chi connectivity index (χ3n) is 6.72. The van der Waals surface area contributed by atoms with Crippen molar-refractivity contribution < 1.29 is 4.74 Å². The second-order valence-corrected chi connectivity index (χ2v) is 9.10. The summed E-state index contributed by atoms with van der Waals surface area (Å²) < 4.78 is 6.29. The van der Waals surface area contributed by atoms with Gasteiger partial charge < -0.3 is 20.7 Å². The number of nitrogen functional groups attached to an aromatic ring is 1. The molecule has 1 aliphatic carbocycles. The van der Waals surface area contributed by atoms with E-state index < -0.39 is 0 Å². The molecule has 1 aromatic carbocycles. The molecule has 8 heteroatoms. The topological polar surface area (TPSA) is 102 Å². The maximum atomic E-state index is 6.29. The van der Waals surface area contributed by atoms with Crippen molar-refractivity contribution in [3.05, 3.63) is 42.5 Å². The smallest absolute Gasteiger partial charge is 0.222 e. The van der Waals surface area contributed by atoms with Crippen molar-refractivity contribution >= 4 is 22.7 Å². The molecule has 168 valence electrons. The highest BCUT2D eigenvalue weighted by atomic mass is 16.5. The Morgan fingerprint density at radius 3 is 2.41 bits per heavy atom. The monoisotopic (exact) mass is 433 g/mol. The van der Waals surface area contributed by atoms with Crippen LogP contribution in [0.15, 0.2) is 36.9 Å². The minimum Gasteiger partial charge on any atom is -0.488 e. The van der Waals surface area contributed by atoms with Gasteiger partial charge in [-0.25, -0.2) is 15.0 Å². The summed E-state index contributed by atoms with van der Waals surface area (Å²) in [5.74, 6) is 2.03. The van der Waals surface area contributed by atoms with Crippen LogP contribution >= 0.6 is 0 Å². The molecule has 5 rings (SSSR count). The van der Waals surface area contributed by atoms with Gasteiger partial charge in [-0.3, -0.25) is 4.98 Å². The number of nitrogens with zero attached hydrogens (tertiary/aromatic N) is 5. The van der Waals surface area contributed by atoms with Crippen LogP contribution < -0.4 is 15.8 Å². The number of piperidine rings is 1. The van der Waals surface area contributed by atoms with E-state index in [4.69, 9.17) is 10.5 Å². The molecule has 0 unspecified atom stereocenters. The van der Waals surface area contributed by atoms with E-state index in [2.05, 4.69) is 37.2 Å². The fourth-order valence-corrected chi connectivity index (χ4v) is 4.81. The second kappa shape index (κ2) is 9.24. The maximum Gasteiger partial charge on any atom is 0.222 e. The molecule has 1 saturated heterocycles. The highest BCUT2D eigenvalue weighted by Gasteiger charge is 2.24. The van der Waals surface area contributed by atoms with Gasteiger partial charge in [0.15, 0.2) is 0 Å². The van der Waals surface area contributed by atoms with Crippen LogP contribution in [0, 0.1) is 0 Å². The Bertz CT molecular complexity index is 1040. The molecule has 2 aromatic heterocycles. The summed E-state index contributed by atoms with van der Waals surface area (Å²) in [5.41, 5.74) is 9.46. The van der Waals surface area contributed by atoms with Gasteiger partial charge >= 0.3 is 0 Å². The zero-order valence-electron chi connectivity index (χ0n) is 18.6.